The molecule has 1 amide bonds. The molecule has 0 bridgehead atoms. The van der Waals surface area contributed by atoms with Gasteiger partial charge in [-0.2, -0.15) is 0 Å². The van der Waals surface area contributed by atoms with Crippen molar-refractivity contribution in [2.24, 2.45) is 11.8 Å². The molecule has 0 atom stereocenters. The Morgan fingerprint density at radius 3 is 2.24 bits per heavy atom. The van der Waals surface area contributed by atoms with Gasteiger partial charge in [0.25, 0.3) is 0 Å². The summed E-state index contributed by atoms with van der Waals surface area (Å²) in [6.07, 6.45) is 3.42. The minimum absolute atomic E-state index is 0.311. The van der Waals surface area contributed by atoms with Gasteiger partial charge in [-0.25, -0.2) is 0 Å². The molecule has 21 heavy (non-hydrogen) atoms. The zero-order valence-corrected chi connectivity index (χ0v) is 14.5. The number of carbonyl (C=O) groups excluding carboxylic acids is 1. The number of nitrogens with one attached hydrogen (secondary N) is 1. The number of amides is 1. The lowest BCUT2D eigenvalue weighted by atomic mass is 10.1. The molecule has 4 nitrogen and oxygen atoms in total. The van der Waals surface area contributed by atoms with Gasteiger partial charge in [0.15, 0.2) is 0 Å². The third-order valence-electron chi connectivity index (χ3n) is 4.10. The number of carbonyl (C=O) groups is 1. The first-order chi connectivity index (χ1) is 9.99. The number of rotatable bonds is 8. The van der Waals surface area contributed by atoms with Gasteiger partial charge in [0.05, 0.1) is 6.54 Å². The molecule has 0 aromatic heterocycles. The monoisotopic (exact) mass is 297 g/mol. The second-order valence-electron chi connectivity index (χ2n) is 7.13. The highest BCUT2D eigenvalue weighted by molar-refractivity contribution is 5.78. The molecule has 0 radical (unpaired) electrons. The van der Waals surface area contributed by atoms with Gasteiger partial charge < -0.3 is 10.2 Å². The molecule has 124 valence electrons. The zero-order valence-electron chi connectivity index (χ0n) is 14.5. The molecule has 0 aromatic carbocycles. The van der Waals surface area contributed by atoms with E-state index in [0.29, 0.717) is 24.3 Å². The van der Waals surface area contributed by atoms with Crippen molar-refractivity contribution in [3.8, 4) is 0 Å². The van der Waals surface area contributed by atoms with Crippen molar-refractivity contribution in [3.63, 3.8) is 0 Å². The molecule has 0 unspecified atom stereocenters. The topological polar surface area (TPSA) is 35.6 Å². The maximum atomic E-state index is 12.5. The smallest absolute Gasteiger partial charge is 0.236 e. The second-order valence-corrected chi connectivity index (χ2v) is 7.13. The van der Waals surface area contributed by atoms with Crippen molar-refractivity contribution in [1.82, 2.24) is 15.1 Å². The summed E-state index contributed by atoms with van der Waals surface area (Å²) >= 11 is 0. The lowest BCUT2D eigenvalue weighted by molar-refractivity contribution is -0.132. The fourth-order valence-electron chi connectivity index (χ4n) is 2.54. The van der Waals surface area contributed by atoms with Crippen LogP contribution in [0.1, 0.15) is 47.0 Å². The largest absolute Gasteiger partial charge is 0.340 e. The van der Waals surface area contributed by atoms with Gasteiger partial charge in [0.1, 0.15) is 0 Å². The predicted molar refractivity (Wildman–Crippen MR) is 89.4 cm³/mol. The highest BCUT2D eigenvalue weighted by atomic mass is 16.2. The van der Waals surface area contributed by atoms with Crippen molar-refractivity contribution in [2.45, 2.75) is 47.0 Å². The quantitative estimate of drug-likeness (QED) is 0.746. The van der Waals surface area contributed by atoms with Crippen molar-refractivity contribution in [2.75, 3.05) is 45.8 Å². The molecular weight excluding hydrogens is 262 g/mol. The van der Waals surface area contributed by atoms with Crippen LogP contribution in [0.25, 0.3) is 0 Å². The van der Waals surface area contributed by atoms with E-state index in [9.17, 15) is 4.79 Å². The lowest BCUT2D eigenvalue weighted by Gasteiger charge is -2.27. The first-order valence-corrected chi connectivity index (χ1v) is 8.70. The second kappa shape index (κ2) is 10.2. The molecule has 1 N–H and O–H groups in total. The summed E-state index contributed by atoms with van der Waals surface area (Å²) in [5.41, 5.74) is 0. The van der Waals surface area contributed by atoms with E-state index < -0.39 is 0 Å². The van der Waals surface area contributed by atoms with Crippen LogP contribution in [-0.4, -0.2) is 61.5 Å². The molecule has 4 heteroatoms. The maximum absolute atomic E-state index is 12.5. The van der Waals surface area contributed by atoms with Gasteiger partial charge in [-0.1, -0.05) is 27.7 Å². The number of hydrogen-bond acceptors (Lipinski definition) is 3. The van der Waals surface area contributed by atoms with Crippen LogP contribution >= 0.6 is 0 Å². The van der Waals surface area contributed by atoms with Gasteiger partial charge in [0, 0.05) is 19.6 Å². The van der Waals surface area contributed by atoms with Crippen LogP contribution in [0.3, 0.4) is 0 Å². The fraction of sp³-hybridized carbons (Fsp3) is 0.941. The van der Waals surface area contributed by atoms with E-state index in [1.54, 1.807) is 0 Å². The van der Waals surface area contributed by atoms with E-state index in [1.165, 1.54) is 12.8 Å². The summed E-state index contributed by atoms with van der Waals surface area (Å²) < 4.78 is 0. The van der Waals surface area contributed by atoms with Crippen LogP contribution < -0.4 is 5.32 Å². The average molecular weight is 297 g/mol. The molecule has 1 fully saturated rings. The molecule has 0 aromatic rings. The first kappa shape index (κ1) is 18.4. The molecule has 1 aliphatic heterocycles. The summed E-state index contributed by atoms with van der Waals surface area (Å²) in [5, 5.41) is 3.36. The summed E-state index contributed by atoms with van der Waals surface area (Å²) in [6, 6.07) is 0. The summed E-state index contributed by atoms with van der Waals surface area (Å²) in [5.74, 6) is 1.71. The van der Waals surface area contributed by atoms with E-state index >= 15 is 0 Å². The molecular formula is C17H35N3O. The Morgan fingerprint density at radius 2 is 1.67 bits per heavy atom. The molecule has 1 heterocycles. The van der Waals surface area contributed by atoms with Crippen LogP contribution in [0.15, 0.2) is 0 Å². The molecule has 1 rings (SSSR count). The SMILES string of the molecule is CC(C)CCN(CCC(C)C)CC(=O)N1CCCNCC1. The third-order valence-corrected chi connectivity index (χ3v) is 4.10. The van der Waals surface area contributed by atoms with E-state index in [0.717, 1.165) is 45.7 Å². The van der Waals surface area contributed by atoms with Gasteiger partial charge in [-0.05, 0) is 50.7 Å². The predicted octanol–water partition coefficient (Wildman–Crippen LogP) is 2.20. The Hall–Kier alpha value is -0.610. The molecule has 0 spiro atoms. The van der Waals surface area contributed by atoms with Crippen LogP contribution in [0.5, 0.6) is 0 Å². The van der Waals surface area contributed by atoms with Gasteiger partial charge >= 0.3 is 0 Å². The number of nitrogens with zero attached hydrogens (tertiary/aromatic N) is 2. The lowest BCUT2D eigenvalue weighted by Crippen LogP contribution is -2.42. The molecule has 0 saturated carbocycles. The Labute approximate surface area is 131 Å². The van der Waals surface area contributed by atoms with E-state index in [4.69, 9.17) is 0 Å². The highest BCUT2D eigenvalue weighted by Crippen LogP contribution is 2.07. The Bertz CT molecular complexity index is 272. The zero-order chi connectivity index (χ0) is 15.7. The van der Waals surface area contributed by atoms with E-state index in [1.807, 2.05) is 4.90 Å². The van der Waals surface area contributed by atoms with Crippen LogP contribution in [-0.2, 0) is 4.79 Å². The van der Waals surface area contributed by atoms with E-state index in [-0.39, 0.29) is 0 Å². The molecule has 1 aliphatic rings. The summed E-state index contributed by atoms with van der Waals surface area (Å²) in [7, 11) is 0. The average Bonchev–Trinajstić information content (AvgIpc) is 2.70. The standard InChI is InChI=1S/C17H35N3O/c1-15(2)6-11-19(12-7-16(3)4)14-17(21)20-10-5-8-18-9-13-20/h15-16,18H,5-14H2,1-4H3. The summed E-state index contributed by atoms with van der Waals surface area (Å²) in [6.45, 7) is 15.4. The fourth-order valence-corrected chi connectivity index (χ4v) is 2.54. The number of hydrogen-bond donors (Lipinski definition) is 1. The van der Waals surface area contributed by atoms with Crippen molar-refractivity contribution < 1.29 is 4.79 Å². The molecule has 0 aliphatic carbocycles. The Morgan fingerprint density at radius 1 is 1.05 bits per heavy atom. The highest BCUT2D eigenvalue weighted by Gasteiger charge is 2.18. The minimum Gasteiger partial charge on any atom is -0.340 e. The minimum atomic E-state index is 0.311. The van der Waals surface area contributed by atoms with Gasteiger partial charge in [-0.3, -0.25) is 9.69 Å². The summed E-state index contributed by atoms with van der Waals surface area (Å²) in [4.78, 5) is 16.9. The maximum Gasteiger partial charge on any atom is 0.236 e. The van der Waals surface area contributed by atoms with Gasteiger partial charge in [0.2, 0.25) is 5.91 Å². The van der Waals surface area contributed by atoms with Crippen molar-refractivity contribution >= 4 is 5.91 Å². The molecule has 1 saturated heterocycles. The van der Waals surface area contributed by atoms with Crippen molar-refractivity contribution in [3.05, 3.63) is 0 Å². The third kappa shape index (κ3) is 8.42. The van der Waals surface area contributed by atoms with Crippen LogP contribution in [0.4, 0.5) is 0 Å². The Balaban J connectivity index is 2.45. The first-order valence-electron chi connectivity index (χ1n) is 8.70. The van der Waals surface area contributed by atoms with Crippen LogP contribution in [0.2, 0.25) is 0 Å². The Kier molecular flexibility index (Phi) is 8.93. The van der Waals surface area contributed by atoms with Gasteiger partial charge in [-0.15, -0.1) is 0 Å². The van der Waals surface area contributed by atoms with E-state index in [2.05, 4.69) is 37.9 Å². The van der Waals surface area contributed by atoms with Crippen molar-refractivity contribution in [1.29, 1.82) is 0 Å². The normalized spacial score (nSPS) is 16.8. The van der Waals surface area contributed by atoms with Crippen LogP contribution in [0, 0.1) is 11.8 Å².